The second-order valence-corrected chi connectivity index (χ2v) is 9.85. The normalized spacial score (nSPS) is 11.7. The molecule has 0 bridgehead atoms. The summed E-state index contributed by atoms with van der Waals surface area (Å²) in [5, 5.41) is 27.8. The maximum absolute atomic E-state index is 11.6. The van der Waals surface area contributed by atoms with Gasteiger partial charge < -0.3 is 25.8 Å². The van der Waals surface area contributed by atoms with E-state index in [4.69, 9.17) is 11.6 Å². The number of nitrogens with one attached hydrogen (secondary N) is 3. The van der Waals surface area contributed by atoms with Gasteiger partial charge in [0.2, 0.25) is 0 Å². The summed E-state index contributed by atoms with van der Waals surface area (Å²) in [5.74, 6) is 2.14. The van der Waals surface area contributed by atoms with Gasteiger partial charge in [0.05, 0.1) is 10.8 Å². The predicted octanol–water partition coefficient (Wildman–Crippen LogP) is 4.68. The molecular formula is C22H30Br2ClN3O3S2. The van der Waals surface area contributed by atoms with Crippen molar-refractivity contribution in [2.45, 2.75) is 18.9 Å². The van der Waals surface area contributed by atoms with Crippen molar-refractivity contribution >= 4 is 78.9 Å². The van der Waals surface area contributed by atoms with Crippen molar-refractivity contribution in [2.24, 2.45) is 0 Å². The lowest BCUT2D eigenvalue weighted by atomic mass is 10.1. The number of phenolic OH excluding ortho intramolecular Hbond substituents is 1. The first-order valence-electron chi connectivity index (χ1n) is 10.3. The molecule has 6 nitrogen and oxygen atoms in total. The highest BCUT2D eigenvalue weighted by Gasteiger charge is 2.15. The summed E-state index contributed by atoms with van der Waals surface area (Å²) in [7, 11) is 0. The lowest BCUT2D eigenvalue weighted by molar-refractivity contribution is 0.176. The van der Waals surface area contributed by atoms with E-state index in [1.165, 1.54) is 11.6 Å². The molecule has 11 heteroatoms. The zero-order valence-corrected chi connectivity index (χ0v) is 23.8. The van der Waals surface area contributed by atoms with Gasteiger partial charge in [-0.25, -0.2) is 0 Å². The molecule has 0 saturated carbocycles. The molecule has 0 unspecified atom stereocenters. The first-order chi connectivity index (χ1) is 15.0. The molecule has 33 heavy (non-hydrogen) atoms. The molecule has 5 N–H and O–H groups in total. The number of H-pyrrole nitrogens is 1. The minimum absolute atomic E-state index is 0. The molecular weight excluding hydrogens is 614 g/mol. The molecule has 0 aliphatic carbocycles. The topological polar surface area (TPSA) is 97.4 Å². The largest absolute Gasteiger partial charge is 0.506 e. The van der Waals surface area contributed by atoms with Crippen LogP contribution in [0, 0.1) is 0 Å². The molecule has 1 heterocycles. The number of aliphatic hydroxyl groups excluding tert-OH is 1. The number of phenols is 1. The van der Waals surface area contributed by atoms with Crippen molar-refractivity contribution in [1.29, 1.82) is 0 Å². The average molecular weight is 644 g/mol. The van der Waals surface area contributed by atoms with Crippen LogP contribution in [0.25, 0.3) is 10.2 Å². The summed E-state index contributed by atoms with van der Waals surface area (Å²) in [4.78, 5) is 13.9. The number of aromatic nitrogens is 1. The zero-order chi connectivity index (χ0) is 22.1. The molecule has 0 fully saturated rings. The van der Waals surface area contributed by atoms with Crippen molar-refractivity contribution in [3.05, 3.63) is 62.2 Å². The maximum atomic E-state index is 11.6. The third-order valence-corrected chi connectivity index (χ3v) is 7.07. The maximum Gasteiger partial charge on any atom is 0.305 e. The fraction of sp³-hybridized carbons (Fsp3) is 0.409. The molecule has 0 saturated heterocycles. The van der Waals surface area contributed by atoms with E-state index in [9.17, 15) is 15.0 Å². The van der Waals surface area contributed by atoms with Crippen LogP contribution in [0.4, 0.5) is 0 Å². The molecule has 184 valence electrons. The van der Waals surface area contributed by atoms with Gasteiger partial charge in [0.25, 0.3) is 0 Å². The van der Waals surface area contributed by atoms with E-state index in [-0.39, 0.29) is 44.6 Å². The Bertz CT molecular complexity index is 1040. The van der Waals surface area contributed by atoms with Crippen molar-refractivity contribution in [3.8, 4) is 5.75 Å². The van der Waals surface area contributed by atoms with Gasteiger partial charge in [0, 0.05) is 29.4 Å². The third-order valence-electron chi connectivity index (χ3n) is 4.83. The first kappa shape index (κ1) is 30.4. The van der Waals surface area contributed by atoms with Gasteiger partial charge in [-0.15, -0.1) is 34.0 Å². The second-order valence-electron chi connectivity index (χ2n) is 7.21. The van der Waals surface area contributed by atoms with Gasteiger partial charge in [-0.2, -0.15) is 11.8 Å². The molecule has 0 aliphatic heterocycles. The third kappa shape index (κ3) is 9.89. The summed E-state index contributed by atoms with van der Waals surface area (Å²) in [6.07, 6.45) is 1.26. The number of halogens is 3. The number of thiazole rings is 1. The van der Waals surface area contributed by atoms with Gasteiger partial charge in [0.1, 0.15) is 11.3 Å². The predicted molar refractivity (Wildman–Crippen MR) is 153 cm³/mol. The monoisotopic (exact) mass is 641 g/mol. The fourth-order valence-corrected chi connectivity index (χ4v) is 5.22. The second kappa shape index (κ2) is 16.1. The molecule has 0 aliphatic rings. The molecule has 0 spiro atoms. The van der Waals surface area contributed by atoms with Crippen LogP contribution in [0.5, 0.6) is 5.75 Å². The van der Waals surface area contributed by atoms with E-state index in [1.54, 1.807) is 6.07 Å². The van der Waals surface area contributed by atoms with Gasteiger partial charge in [0.15, 0.2) is 0 Å². The van der Waals surface area contributed by atoms with Crippen LogP contribution in [0.1, 0.15) is 23.7 Å². The van der Waals surface area contributed by atoms with E-state index in [1.807, 2.05) is 30.0 Å². The van der Waals surface area contributed by atoms with Crippen molar-refractivity contribution in [1.82, 2.24) is 15.6 Å². The number of benzene rings is 2. The summed E-state index contributed by atoms with van der Waals surface area (Å²) >= 11 is 8.91. The van der Waals surface area contributed by atoms with Gasteiger partial charge in [-0.1, -0.05) is 41.1 Å². The molecule has 0 amide bonds. The zero-order valence-electron chi connectivity index (χ0n) is 18.0. The van der Waals surface area contributed by atoms with Gasteiger partial charge in [-0.3, -0.25) is 4.79 Å². The Morgan fingerprint density at radius 2 is 1.91 bits per heavy atom. The van der Waals surface area contributed by atoms with Crippen LogP contribution in [0.3, 0.4) is 0 Å². The standard InChI is InChI=1S/C22H28ClN3O3S2.2BrH/c23-16-4-1-3-15(13-16)7-9-24-10-12-30-11-2-8-25-14-19(28)17-5-6-18(27)20-21(17)31-22(29)26-20;;/h1,3-6,13,19,24-25,27-28H,2,7-12,14H2,(H,26,29);2*1H/t19-;;/m0../s1. The number of fused-ring (bicyclic) bond motifs is 1. The Balaban J connectivity index is 0.00000272. The van der Waals surface area contributed by atoms with Crippen molar-refractivity contribution < 1.29 is 10.2 Å². The van der Waals surface area contributed by atoms with Crippen LogP contribution in [0.2, 0.25) is 5.02 Å². The highest BCUT2D eigenvalue weighted by atomic mass is 79.9. The van der Waals surface area contributed by atoms with E-state index in [2.05, 4.69) is 21.7 Å². The molecule has 1 atom stereocenters. The summed E-state index contributed by atoms with van der Waals surface area (Å²) in [6.45, 7) is 3.15. The number of hydrogen-bond acceptors (Lipinski definition) is 7. The van der Waals surface area contributed by atoms with E-state index >= 15 is 0 Å². The minimum atomic E-state index is -0.731. The molecule has 3 rings (SSSR count). The highest BCUT2D eigenvalue weighted by molar-refractivity contribution is 8.93. The number of thioether (sulfide) groups is 1. The van der Waals surface area contributed by atoms with Crippen LogP contribution in [-0.2, 0) is 6.42 Å². The SMILES string of the molecule is Br.Br.O=c1[nH]c2c(O)ccc([C@@H](O)CNCCCSCCNCCc3cccc(Cl)c3)c2s1. The quantitative estimate of drug-likeness (QED) is 0.174. The Morgan fingerprint density at radius 3 is 2.70 bits per heavy atom. The lowest BCUT2D eigenvalue weighted by Gasteiger charge is -2.13. The Labute approximate surface area is 228 Å². The number of aromatic hydroxyl groups is 1. The molecule has 3 aromatic rings. The highest BCUT2D eigenvalue weighted by Crippen LogP contribution is 2.31. The summed E-state index contributed by atoms with van der Waals surface area (Å²) in [6, 6.07) is 11.1. The summed E-state index contributed by atoms with van der Waals surface area (Å²) in [5.41, 5.74) is 2.30. The van der Waals surface area contributed by atoms with Gasteiger partial charge in [-0.05, 0) is 55.4 Å². The molecule has 1 aromatic heterocycles. The Hall–Kier alpha value is -0.590. The van der Waals surface area contributed by atoms with Crippen molar-refractivity contribution in [2.75, 3.05) is 37.7 Å². The molecule has 0 radical (unpaired) electrons. The van der Waals surface area contributed by atoms with Crippen LogP contribution in [0.15, 0.2) is 41.2 Å². The average Bonchev–Trinajstić information content (AvgIpc) is 3.14. The van der Waals surface area contributed by atoms with Crippen LogP contribution < -0.4 is 15.5 Å². The van der Waals surface area contributed by atoms with Crippen molar-refractivity contribution in [3.63, 3.8) is 0 Å². The minimum Gasteiger partial charge on any atom is -0.506 e. The number of hydrogen-bond donors (Lipinski definition) is 5. The van der Waals surface area contributed by atoms with E-state index < -0.39 is 6.10 Å². The Kier molecular flexibility index (Phi) is 14.9. The van der Waals surface area contributed by atoms with E-state index in [0.717, 1.165) is 60.3 Å². The lowest BCUT2D eigenvalue weighted by Crippen LogP contribution is -2.23. The number of aliphatic hydroxyl groups is 1. The van der Waals surface area contributed by atoms with Crippen LogP contribution >= 0.6 is 68.7 Å². The number of rotatable bonds is 13. The first-order valence-corrected chi connectivity index (χ1v) is 12.7. The van der Waals surface area contributed by atoms with Gasteiger partial charge >= 0.3 is 4.87 Å². The molecule has 2 aromatic carbocycles. The number of aromatic amines is 1. The Morgan fingerprint density at radius 1 is 1.09 bits per heavy atom. The summed E-state index contributed by atoms with van der Waals surface area (Å²) < 4.78 is 0.609. The smallest absolute Gasteiger partial charge is 0.305 e. The van der Waals surface area contributed by atoms with Crippen LogP contribution in [-0.4, -0.2) is 52.9 Å². The van der Waals surface area contributed by atoms with E-state index in [0.29, 0.717) is 22.3 Å². The fourth-order valence-electron chi connectivity index (χ4n) is 3.25.